The van der Waals surface area contributed by atoms with E-state index in [-0.39, 0.29) is 0 Å². The molecular formula is C10H13I2-. The van der Waals surface area contributed by atoms with E-state index >= 15 is 0 Å². The van der Waals surface area contributed by atoms with Crippen molar-refractivity contribution in [3.63, 3.8) is 0 Å². The molecule has 0 radical (unpaired) electrons. The molecule has 0 aliphatic carbocycles. The molecule has 2 rings (SSSR count). The van der Waals surface area contributed by atoms with Crippen LogP contribution >= 0.6 is 15.8 Å². The van der Waals surface area contributed by atoms with Crippen LogP contribution in [0.2, 0.25) is 0 Å². The van der Waals surface area contributed by atoms with E-state index < -0.39 is 15.8 Å². The molecule has 1 aliphatic heterocycles. The first kappa shape index (κ1) is 9.24. The van der Waals surface area contributed by atoms with Gasteiger partial charge in [-0.2, -0.15) is 0 Å². The summed E-state index contributed by atoms with van der Waals surface area (Å²) >= 11 is 0.206. The Hall–Kier alpha value is 0.680. The van der Waals surface area contributed by atoms with Crippen molar-refractivity contribution in [1.29, 1.82) is 0 Å². The Balaban J connectivity index is 2.10. The third kappa shape index (κ3) is 1.95. The molecule has 0 N–H and O–H groups in total. The maximum atomic E-state index is 2.38. The predicted octanol–water partition coefficient (Wildman–Crippen LogP) is 0.425. The molecule has 68 valence electrons. The van der Waals surface area contributed by atoms with E-state index in [4.69, 9.17) is 0 Å². The van der Waals surface area contributed by atoms with Gasteiger partial charge in [0.05, 0.1) is 0 Å². The van der Waals surface area contributed by atoms with Crippen LogP contribution in [0.25, 0.3) is 0 Å². The summed E-state index contributed by atoms with van der Waals surface area (Å²) in [6, 6.07) is 9.33. The first-order valence-electron chi connectivity index (χ1n) is 4.20. The second kappa shape index (κ2) is 3.82. The average Bonchev–Trinajstić information content (AvgIpc) is 2.85. The van der Waals surface area contributed by atoms with E-state index in [1.807, 2.05) is 0 Å². The minimum atomic E-state index is -0.471. The second-order valence-electron chi connectivity index (χ2n) is 2.94. The van der Waals surface area contributed by atoms with Crippen molar-refractivity contribution < 1.29 is 17.2 Å². The molecular weight excluding hydrogens is 374 g/mol. The first-order chi connectivity index (χ1) is 5.81. The van der Waals surface area contributed by atoms with Crippen LogP contribution in [0.4, 0.5) is 0 Å². The van der Waals surface area contributed by atoms with Crippen molar-refractivity contribution in [2.45, 2.75) is 22.2 Å². The van der Waals surface area contributed by atoms with Crippen LogP contribution in [0.5, 0.6) is 0 Å². The second-order valence-corrected chi connectivity index (χ2v) is 20.6. The quantitative estimate of drug-likeness (QED) is 0.510. The number of hydrogen-bond donors (Lipinski definition) is 0. The average molecular weight is 387 g/mol. The van der Waals surface area contributed by atoms with Crippen molar-refractivity contribution in [2.24, 2.45) is 0 Å². The van der Waals surface area contributed by atoms with Gasteiger partial charge in [-0.3, -0.25) is 0 Å². The summed E-state index contributed by atoms with van der Waals surface area (Å²) in [5.41, 5.74) is 1.41. The zero-order valence-electron chi connectivity index (χ0n) is 7.35. The van der Waals surface area contributed by atoms with Gasteiger partial charge in [-0.15, -0.1) is 0 Å². The molecule has 1 aromatic carbocycles. The molecule has 0 saturated carbocycles. The van der Waals surface area contributed by atoms with Crippen LogP contribution in [0.3, 0.4) is 0 Å². The molecule has 0 spiro atoms. The summed E-state index contributed by atoms with van der Waals surface area (Å²) in [6.07, 6.45) is 1.46. The summed E-state index contributed by atoms with van der Waals surface area (Å²) in [5, 5.41) is 0. The molecule has 12 heavy (non-hydrogen) atoms. The molecule has 2 heteroatoms. The van der Waals surface area contributed by atoms with Crippen LogP contribution in [0, 0.1) is 10.5 Å². The van der Waals surface area contributed by atoms with Crippen molar-refractivity contribution in [2.75, 3.05) is 0 Å². The zero-order chi connectivity index (χ0) is 8.55. The topological polar surface area (TPSA) is 0 Å². The van der Waals surface area contributed by atoms with Gasteiger partial charge in [-0.05, 0) is 0 Å². The first-order valence-corrected chi connectivity index (χ1v) is 14.1. The number of aryl methyl sites for hydroxylation is 1. The third-order valence-electron chi connectivity index (χ3n) is 1.89. The van der Waals surface area contributed by atoms with Gasteiger partial charge in [0, 0.05) is 0 Å². The molecule has 1 atom stereocenters. The number of benzene rings is 1. The Morgan fingerprint density at radius 1 is 1.33 bits per heavy atom. The Morgan fingerprint density at radius 2 is 2.00 bits per heavy atom. The number of hydrogen-bond acceptors (Lipinski definition) is 0. The molecule has 0 aromatic heterocycles. The van der Waals surface area contributed by atoms with Gasteiger partial charge in [-0.25, -0.2) is 0 Å². The SMILES string of the molecule is CCC1[I-]I1c1ccc(C)cc1. The number of halogens is 2. The van der Waals surface area contributed by atoms with E-state index in [0.717, 1.165) is 0 Å². The van der Waals surface area contributed by atoms with E-state index in [2.05, 4.69) is 38.1 Å². The Morgan fingerprint density at radius 3 is 2.50 bits per heavy atom. The van der Waals surface area contributed by atoms with E-state index in [1.165, 1.54) is 13.9 Å². The van der Waals surface area contributed by atoms with Crippen molar-refractivity contribution >= 4 is 15.8 Å². The number of rotatable bonds is 2. The molecule has 1 fully saturated rings. The molecule has 0 bridgehead atoms. The molecule has 0 amide bonds. The van der Waals surface area contributed by atoms with Crippen LogP contribution in [0.1, 0.15) is 18.9 Å². The summed E-state index contributed by atoms with van der Waals surface area (Å²) < 4.78 is 3.00. The summed E-state index contributed by atoms with van der Waals surface area (Å²) in [5.74, 6) is 0. The molecule has 1 unspecified atom stereocenters. The summed E-state index contributed by atoms with van der Waals surface area (Å²) in [6.45, 7) is 4.53. The summed E-state index contributed by atoms with van der Waals surface area (Å²) in [4.78, 5) is 0. The monoisotopic (exact) mass is 387 g/mol. The van der Waals surface area contributed by atoms with Crippen LogP contribution in [-0.4, -0.2) is 1.93 Å². The van der Waals surface area contributed by atoms with Crippen LogP contribution in [-0.2, 0) is 0 Å². The molecule has 1 saturated heterocycles. The maximum absolute atomic E-state index is 2.38. The fraction of sp³-hybridized carbons (Fsp3) is 0.400. The van der Waals surface area contributed by atoms with Crippen molar-refractivity contribution in [3.05, 3.63) is 33.4 Å². The van der Waals surface area contributed by atoms with E-state index in [0.29, 0.717) is 17.2 Å². The molecule has 0 nitrogen and oxygen atoms in total. The normalized spacial score (nSPS) is 24.8. The van der Waals surface area contributed by atoms with E-state index in [9.17, 15) is 0 Å². The minimum absolute atomic E-state index is 0.471. The van der Waals surface area contributed by atoms with Gasteiger partial charge in [0.15, 0.2) is 0 Å². The van der Waals surface area contributed by atoms with Gasteiger partial charge < -0.3 is 0 Å². The molecule has 1 aliphatic rings. The molecule has 1 heterocycles. The fourth-order valence-electron chi connectivity index (χ4n) is 1.11. The Labute approximate surface area is 87.8 Å². The zero-order valence-corrected chi connectivity index (χ0v) is 11.7. The molecule has 1 aromatic rings. The summed E-state index contributed by atoms with van der Waals surface area (Å²) in [7, 11) is 0. The standard InChI is InChI=1S/C10H13I2/c1-3-10-11-12(10)9-6-4-8(2)5-7-9/h4-7,10H,3H2,1-2H3/q-1. The number of alkyl halides is 2. The van der Waals surface area contributed by atoms with Gasteiger partial charge in [0.25, 0.3) is 0 Å². The van der Waals surface area contributed by atoms with Crippen molar-refractivity contribution in [3.8, 4) is 0 Å². The fourth-order valence-corrected chi connectivity index (χ4v) is 21.7. The van der Waals surface area contributed by atoms with Crippen molar-refractivity contribution in [1.82, 2.24) is 0 Å². The van der Waals surface area contributed by atoms with Gasteiger partial charge in [0.2, 0.25) is 0 Å². The van der Waals surface area contributed by atoms with Gasteiger partial charge in [0.1, 0.15) is 0 Å². The van der Waals surface area contributed by atoms with Gasteiger partial charge in [-0.1, -0.05) is 0 Å². The Bertz CT molecular complexity index is 266. The van der Waals surface area contributed by atoms with Crippen LogP contribution in [0.15, 0.2) is 24.3 Å². The van der Waals surface area contributed by atoms with Crippen LogP contribution < -0.4 is 17.2 Å². The third-order valence-corrected chi connectivity index (χ3v) is 21.5. The predicted molar refractivity (Wildman–Crippen MR) is 58.0 cm³/mol. The van der Waals surface area contributed by atoms with Gasteiger partial charge >= 0.3 is 88.7 Å². The van der Waals surface area contributed by atoms with E-state index in [1.54, 1.807) is 3.57 Å². The Kier molecular flexibility index (Phi) is 2.94.